The second-order valence-corrected chi connectivity index (χ2v) is 6.85. The highest BCUT2D eigenvalue weighted by atomic mass is 32.2. The van der Waals surface area contributed by atoms with Crippen molar-refractivity contribution in [2.45, 2.75) is 32.6 Å². The lowest BCUT2D eigenvalue weighted by Crippen LogP contribution is -2.45. The van der Waals surface area contributed by atoms with Crippen molar-refractivity contribution in [3.8, 4) is 0 Å². The lowest BCUT2D eigenvalue weighted by Gasteiger charge is -2.26. The van der Waals surface area contributed by atoms with Crippen LogP contribution in [0.1, 0.15) is 32.6 Å². The van der Waals surface area contributed by atoms with Crippen LogP contribution >= 0.6 is 0 Å². The molecule has 0 atom stereocenters. The lowest BCUT2D eigenvalue weighted by molar-refractivity contribution is -0.137. The average Bonchev–Trinajstić information content (AvgIpc) is 3.08. The molecule has 1 aliphatic carbocycles. The molecule has 0 spiro atoms. The predicted molar refractivity (Wildman–Crippen MR) is 68.4 cm³/mol. The van der Waals surface area contributed by atoms with Crippen LogP contribution < -0.4 is 0 Å². The molecule has 0 aromatic rings. The molecule has 6 nitrogen and oxygen atoms in total. The van der Waals surface area contributed by atoms with Crippen molar-refractivity contribution in [2.24, 2.45) is 5.92 Å². The second-order valence-electron chi connectivity index (χ2n) is 4.81. The van der Waals surface area contributed by atoms with Crippen molar-refractivity contribution < 1.29 is 18.3 Å². The lowest BCUT2D eigenvalue weighted by atomic mass is 10.3. The summed E-state index contributed by atoms with van der Waals surface area (Å²) >= 11 is 0. The Kier molecular flexibility index (Phi) is 5.55. The van der Waals surface area contributed by atoms with Gasteiger partial charge in [-0.1, -0.05) is 13.3 Å². The number of aliphatic carboxylic acids is 1. The number of rotatable bonds is 9. The molecule has 0 saturated heterocycles. The second kappa shape index (κ2) is 6.49. The minimum Gasteiger partial charge on any atom is -0.480 e. The molecule has 0 amide bonds. The highest BCUT2D eigenvalue weighted by Crippen LogP contribution is 2.30. The maximum atomic E-state index is 12.2. The summed E-state index contributed by atoms with van der Waals surface area (Å²) in [5, 5.41) is 8.81. The Balaban J connectivity index is 2.70. The van der Waals surface area contributed by atoms with E-state index < -0.39 is 22.7 Å². The van der Waals surface area contributed by atoms with Gasteiger partial charge < -0.3 is 5.11 Å². The van der Waals surface area contributed by atoms with E-state index in [1.54, 1.807) is 0 Å². The molecule has 1 N–H and O–H groups in total. The molecule has 18 heavy (non-hydrogen) atoms. The maximum absolute atomic E-state index is 12.2. The molecule has 0 bridgehead atoms. The largest absolute Gasteiger partial charge is 0.480 e. The van der Waals surface area contributed by atoms with Crippen LogP contribution in [0.25, 0.3) is 0 Å². The van der Waals surface area contributed by atoms with Gasteiger partial charge in [0, 0.05) is 20.1 Å². The van der Waals surface area contributed by atoms with Gasteiger partial charge in [-0.3, -0.25) is 4.79 Å². The molecule has 0 radical (unpaired) electrons. The normalized spacial score (nSPS) is 16.4. The van der Waals surface area contributed by atoms with Crippen LogP contribution in [0, 0.1) is 5.92 Å². The fourth-order valence-corrected chi connectivity index (χ4v) is 3.10. The number of carboxylic acids is 1. The Morgan fingerprint density at radius 2 is 2.00 bits per heavy atom. The zero-order valence-corrected chi connectivity index (χ0v) is 11.8. The molecule has 1 aliphatic rings. The first-order valence-electron chi connectivity index (χ1n) is 6.31. The summed E-state index contributed by atoms with van der Waals surface area (Å²) < 4.78 is 26.8. The van der Waals surface area contributed by atoms with E-state index in [9.17, 15) is 13.2 Å². The topological polar surface area (TPSA) is 77.9 Å². The van der Waals surface area contributed by atoms with Gasteiger partial charge in [0.25, 0.3) is 10.2 Å². The summed E-state index contributed by atoms with van der Waals surface area (Å²) in [4.78, 5) is 10.8. The van der Waals surface area contributed by atoms with Crippen molar-refractivity contribution in [3.05, 3.63) is 0 Å². The summed E-state index contributed by atoms with van der Waals surface area (Å²) in [5.74, 6) is -0.776. The number of hydrogen-bond donors (Lipinski definition) is 1. The molecule has 0 aromatic carbocycles. The Labute approximate surface area is 109 Å². The van der Waals surface area contributed by atoms with E-state index in [1.807, 2.05) is 6.92 Å². The van der Waals surface area contributed by atoms with Gasteiger partial charge in [0.1, 0.15) is 6.54 Å². The van der Waals surface area contributed by atoms with E-state index in [1.165, 1.54) is 11.4 Å². The van der Waals surface area contributed by atoms with Gasteiger partial charge in [-0.25, -0.2) is 0 Å². The first kappa shape index (κ1) is 15.4. The van der Waals surface area contributed by atoms with Crippen LogP contribution in [0.3, 0.4) is 0 Å². The highest BCUT2D eigenvalue weighted by Gasteiger charge is 2.33. The Morgan fingerprint density at radius 1 is 1.39 bits per heavy atom. The molecule has 1 fully saturated rings. The maximum Gasteiger partial charge on any atom is 0.318 e. The van der Waals surface area contributed by atoms with E-state index in [-0.39, 0.29) is 0 Å². The van der Waals surface area contributed by atoms with Crippen LogP contribution in [-0.4, -0.2) is 54.8 Å². The van der Waals surface area contributed by atoms with Gasteiger partial charge >= 0.3 is 5.97 Å². The molecule has 7 heteroatoms. The predicted octanol–water partition coefficient (Wildman–Crippen LogP) is 0.760. The third kappa shape index (κ3) is 4.55. The van der Waals surface area contributed by atoms with Gasteiger partial charge in [0.05, 0.1) is 0 Å². The number of carbonyl (C=O) groups is 1. The Hall–Kier alpha value is -0.660. The molecule has 106 valence electrons. The van der Waals surface area contributed by atoms with Crippen LogP contribution in [0.5, 0.6) is 0 Å². The van der Waals surface area contributed by atoms with Crippen molar-refractivity contribution in [1.29, 1.82) is 0 Å². The summed E-state index contributed by atoms with van der Waals surface area (Å²) in [6, 6.07) is 0. The third-order valence-electron chi connectivity index (χ3n) is 3.02. The zero-order chi connectivity index (χ0) is 13.8. The quantitative estimate of drug-likeness (QED) is 0.675. The highest BCUT2D eigenvalue weighted by molar-refractivity contribution is 7.86. The van der Waals surface area contributed by atoms with Gasteiger partial charge in [0.15, 0.2) is 0 Å². The molecular formula is C11H22N2O4S. The molecule has 0 heterocycles. The van der Waals surface area contributed by atoms with Crippen LogP contribution in [-0.2, 0) is 15.0 Å². The number of carboxylic acid groups (broad SMARTS) is 1. The summed E-state index contributed by atoms with van der Waals surface area (Å²) in [6.07, 6.45) is 3.66. The molecular weight excluding hydrogens is 256 g/mol. The molecule has 0 unspecified atom stereocenters. The van der Waals surface area contributed by atoms with E-state index in [0.29, 0.717) is 19.0 Å². The minimum atomic E-state index is -3.64. The van der Waals surface area contributed by atoms with Crippen LogP contribution in [0.2, 0.25) is 0 Å². The molecule has 1 saturated carbocycles. The van der Waals surface area contributed by atoms with Gasteiger partial charge in [-0.2, -0.15) is 17.0 Å². The van der Waals surface area contributed by atoms with E-state index >= 15 is 0 Å². The fraction of sp³-hybridized carbons (Fsp3) is 0.909. The van der Waals surface area contributed by atoms with E-state index in [2.05, 4.69) is 0 Å². The fourth-order valence-electron chi connectivity index (χ4n) is 1.67. The van der Waals surface area contributed by atoms with Gasteiger partial charge in [0.2, 0.25) is 0 Å². The van der Waals surface area contributed by atoms with E-state index in [0.717, 1.165) is 30.0 Å². The monoisotopic (exact) mass is 278 g/mol. The van der Waals surface area contributed by atoms with Crippen LogP contribution in [0.15, 0.2) is 0 Å². The third-order valence-corrected chi connectivity index (χ3v) is 4.92. The van der Waals surface area contributed by atoms with Crippen molar-refractivity contribution in [2.75, 3.05) is 26.7 Å². The minimum absolute atomic E-state index is 0.325. The summed E-state index contributed by atoms with van der Waals surface area (Å²) in [7, 11) is -2.13. The Bertz CT molecular complexity index is 379. The zero-order valence-electron chi connectivity index (χ0n) is 11.0. The number of hydrogen-bond acceptors (Lipinski definition) is 3. The molecule has 0 aromatic heterocycles. The Morgan fingerprint density at radius 3 is 2.44 bits per heavy atom. The summed E-state index contributed by atoms with van der Waals surface area (Å²) in [6.45, 7) is 2.29. The summed E-state index contributed by atoms with van der Waals surface area (Å²) in [5.41, 5.74) is 0. The standard InChI is InChI=1S/C11H22N2O4S/c1-3-4-7-12(2)18(16,17)13(9-11(14)15)8-10-5-6-10/h10H,3-9H2,1-2H3,(H,14,15). The SMILES string of the molecule is CCCCN(C)S(=O)(=O)N(CC(=O)O)CC1CC1. The van der Waals surface area contributed by atoms with Crippen LogP contribution in [0.4, 0.5) is 0 Å². The molecule has 1 rings (SSSR count). The smallest absolute Gasteiger partial charge is 0.318 e. The number of nitrogens with zero attached hydrogens (tertiary/aromatic N) is 2. The first-order chi connectivity index (χ1) is 8.37. The van der Waals surface area contributed by atoms with Crippen molar-refractivity contribution >= 4 is 16.2 Å². The van der Waals surface area contributed by atoms with Gasteiger partial charge in [-0.15, -0.1) is 0 Å². The van der Waals surface area contributed by atoms with Crippen molar-refractivity contribution in [1.82, 2.24) is 8.61 Å². The van der Waals surface area contributed by atoms with E-state index in [4.69, 9.17) is 5.11 Å². The average molecular weight is 278 g/mol. The number of unbranched alkanes of at least 4 members (excludes halogenated alkanes) is 1. The first-order valence-corrected chi connectivity index (χ1v) is 7.70. The molecule has 0 aliphatic heterocycles. The van der Waals surface area contributed by atoms with Gasteiger partial charge in [-0.05, 0) is 25.2 Å². The van der Waals surface area contributed by atoms with Crippen molar-refractivity contribution in [3.63, 3.8) is 0 Å².